The molecule has 1 aliphatic carbocycles. The third-order valence-corrected chi connectivity index (χ3v) is 4.00. The van der Waals surface area contributed by atoms with E-state index in [0.717, 1.165) is 18.7 Å². The summed E-state index contributed by atoms with van der Waals surface area (Å²) in [6.07, 6.45) is 3.84. The molecule has 1 saturated carbocycles. The molecule has 1 aliphatic heterocycles. The predicted molar refractivity (Wildman–Crippen MR) is 72.1 cm³/mol. The Kier molecular flexibility index (Phi) is 2.74. The van der Waals surface area contributed by atoms with Crippen LogP contribution in [0.4, 0.5) is 5.82 Å². The van der Waals surface area contributed by atoms with E-state index in [4.69, 9.17) is 0 Å². The number of carbonyl (C=O) groups excluding carboxylic acids is 1. The largest absolute Gasteiger partial charge is 0.386 e. The lowest BCUT2D eigenvalue weighted by molar-refractivity contribution is -0.0958. The molecule has 5 nitrogen and oxygen atoms in total. The highest BCUT2D eigenvalue weighted by Gasteiger charge is 2.53. The number of aliphatic hydroxyl groups is 1. The smallest absolute Gasteiger partial charge is 0.254 e. The Hall–Kier alpha value is -1.62. The number of hydrogen-bond acceptors (Lipinski definition) is 4. The van der Waals surface area contributed by atoms with Crippen molar-refractivity contribution in [2.45, 2.75) is 18.4 Å². The first-order valence-corrected chi connectivity index (χ1v) is 6.65. The zero-order valence-electron chi connectivity index (χ0n) is 11.3. The molecule has 0 bridgehead atoms. The van der Waals surface area contributed by atoms with Crippen LogP contribution in [0.1, 0.15) is 23.2 Å². The minimum absolute atomic E-state index is 0.0178. The van der Waals surface area contributed by atoms with Gasteiger partial charge in [0, 0.05) is 25.9 Å². The van der Waals surface area contributed by atoms with Crippen molar-refractivity contribution < 1.29 is 9.90 Å². The van der Waals surface area contributed by atoms with E-state index in [1.165, 1.54) is 0 Å². The van der Waals surface area contributed by atoms with E-state index in [9.17, 15) is 9.90 Å². The van der Waals surface area contributed by atoms with Crippen LogP contribution in [0.3, 0.4) is 0 Å². The van der Waals surface area contributed by atoms with Crippen molar-refractivity contribution in [3.8, 4) is 0 Å². The van der Waals surface area contributed by atoms with Gasteiger partial charge in [-0.15, -0.1) is 0 Å². The average molecular weight is 261 g/mol. The Morgan fingerprint density at radius 3 is 2.74 bits per heavy atom. The number of rotatable bonds is 3. The van der Waals surface area contributed by atoms with Gasteiger partial charge in [-0.05, 0) is 30.9 Å². The number of amides is 1. The van der Waals surface area contributed by atoms with Gasteiger partial charge in [-0.25, -0.2) is 4.98 Å². The second-order valence-corrected chi connectivity index (χ2v) is 5.84. The predicted octanol–water partition coefficient (Wildman–Crippen LogP) is 0.744. The van der Waals surface area contributed by atoms with E-state index in [1.54, 1.807) is 23.2 Å². The molecular formula is C14H19N3O2. The van der Waals surface area contributed by atoms with Crippen molar-refractivity contribution >= 4 is 11.7 Å². The zero-order chi connectivity index (χ0) is 13.6. The number of anilines is 1. The van der Waals surface area contributed by atoms with Crippen molar-refractivity contribution in [1.29, 1.82) is 0 Å². The van der Waals surface area contributed by atoms with Crippen LogP contribution in [0.5, 0.6) is 0 Å². The third-order valence-electron chi connectivity index (χ3n) is 4.00. The maximum Gasteiger partial charge on any atom is 0.254 e. The van der Waals surface area contributed by atoms with Gasteiger partial charge in [-0.2, -0.15) is 0 Å². The number of β-amino-alcohol motifs (C(OH)–C–C–N with tert-alkyl or cyclic N) is 1. The molecular weight excluding hydrogens is 242 g/mol. The fourth-order valence-electron chi connectivity index (χ4n) is 2.62. The molecule has 1 amide bonds. The van der Waals surface area contributed by atoms with Crippen molar-refractivity contribution in [3.63, 3.8) is 0 Å². The fourth-order valence-corrected chi connectivity index (χ4v) is 2.62. The molecule has 0 spiro atoms. The Balaban J connectivity index is 1.69. The number of nitrogens with zero attached hydrogens (tertiary/aromatic N) is 3. The summed E-state index contributed by atoms with van der Waals surface area (Å²) < 4.78 is 0. The molecule has 102 valence electrons. The third kappa shape index (κ3) is 2.18. The van der Waals surface area contributed by atoms with Gasteiger partial charge < -0.3 is 14.9 Å². The van der Waals surface area contributed by atoms with Gasteiger partial charge in [0.15, 0.2) is 0 Å². The minimum Gasteiger partial charge on any atom is -0.386 e. The van der Waals surface area contributed by atoms with E-state index in [1.807, 2.05) is 19.0 Å². The summed E-state index contributed by atoms with van der Waals surface area (Å²) >= 11 is 0. The van der Waals surface area contributed by atoms with E-state index in [-0.39, 0.29) is 5.91 Å². The molecule has 0 unspecified atom stereocenters. The molecule has 2 heterocycles. The average Bonchev–Trinajstić information content (AvgIpc) is 3.18. The van der Waals surface area contributed by atoms with Crippen LogP contribution >= 0.6 is 0 Å². The Morgan fingerprint density at radius 1 is 1.47 bits per heavy atom. The van der Waals surface area contributed by atoms with Crippen molar-refractivity contribution in [3.05, 3.63) is 23.9 Å². The molecule has 0 atom stereocenters. The monoisotopic (exact) mass is 261 g/mol. The van der Waals surface area contributed by atoms with Crippen LogP contribution in [-0.2, 0) is 0 Å². The highest BCUT2D eigenvalue weighted by Crippen LogP contribution is 2.44. The minimum atomic E-state index is -0.618. The quantitative estimate of drug-likeness (QED) is 0.872. The Morgan fingerprint density at radius 2 is 2.16 bits per heavy atom. The molecule has 3 rings (SSSR count). The van der Waals surface area contributed by atoms with Gasteiger partial charge in [-0.1, -0.05) is 0 Å². The molecule has 2 fully saturated rings. The second kappa shape index (κ2) is 4.20. The molecule has 1 aromatic rings. The van der Waals surface area contributed by atoms with Crippen LogP contribution in [0, 0.1) is 5.92 Å². The summed E-state index contributed by atoms with van der Waals surface area (Å²) in [7, 11) is 3.79. The molecule has 1 saturated heterocycles. The lowest BCUT2D eigenvalue weighted by atomic mass is 9.88. The van der Waals surface area contributed by atoms with Gasteiger partial charge in [0.05, 0.1) is 13.1 Å². The molecule has 5 heteroatoms. The maximum absolute atomic E-state index is 12.3. The summed E-state index contributed by atoms with van der Waals surface area (Å²) in [6.45, 7) is 0.937. The van der Waals surface area contributed by atoms with Crippen LogP contribution < -0.4 is 4.90 Å². The van der Waals surface area contributed by atoms with Gasteiger partial charge in [0.25, 0.3) is 5.91 Å². The molecule has 19 heavy (non-hydrogen) atoms. The van der Waals surface area contributed by atoms with Crippen molar-refractivity contribution in [2.75, 3.05) is 32.1 Å². The SMILES string of the molecule is CN(C)c1cc(C(=O)N2CC(O)(C3CC3)C2)ccn1. The van der Waals surface area contributed by atoms with Crippen LogP contribution in [0.15, 0.2) is 18.3 Å². The maximum atomic E-state index is 12.3. The summed E-state index contributed by atoms with van der Waals surface area (Å²) in [5.41, 5.74) is 0.0177. The molecule has 1 aromatic heterocycles. The summed E-state index contributed by atoms with van der Waals surface area (Å²) in [5.74, 6) is 1.16. The van der Waals surface area contributed by atoms with Crippen LogP contribution in [0.2, 0.25) is 0 Å². The first-order valence-electron chi connectivity index (χ1n) is 6.65. The number of aromatic nitrogens is 1. The van der Waals surface area contributed by atoms with Crippen LogP contribution in [-0.4, -0.2) is 53.7 Å². The zero-order valence-corrected chi connectivity index (χ0v) is 11.3. The topological polar surface area (TPSA) is 56.7 Å². The van der Waals surface area contributed by atoms with Crippen molar-refractivity contribution in [1.82, 2.24) is 9.88 Å². The Labute approximate surface area is 112 Å². The van der Waals surface area contributed by atoms with Crippen molar-refractivity contribution in [2.24, 2.45) is 5.92 Å². The standard InChI is InChI=1S/C14H19N3O2/c1-16(2)12-7-10(5-6-15-12)13(18)17-8-14(19,9-17)11-3-4-11/h5-7,11,19H,3-4,8-9H2,1-2H3. The fraction of sp³-hybridized carbons (Fsp3) is 0.571. The van der Waals surface area contributed by atoms with E-state index in [0.29, 0.717) is 24.6 Å². The van der Waals surface area contributed by atoms with Gasteiger partial charge >= 0.3 is 0 Å². The lowest BCUT2D eigenvalue weighted by Gasteiger charge is -2.47. The van der Waals surface area contributed by atoms with E-state index in [2.05, 4.69) is 4.98 Å². The number of carbonyl (C=O) groups is 1. The van der Waals surface area contributed by atoms with E-state index >= 15 is 0 Å². The highest BCUT2D eigenvalue weighted by atomic mass is 16.3. The lowest BCUT2D eigenvalue weighted by Crippen LogP contribution is -2.64. The Bertz CT molecular complexity index is 505. The summed E-state index contributed by atoms with van der Waals surface area (Å²) in [4.78, 5) is 20.1. The highest BCUT2D eigenvalue weighted by molar-refractivity contribution is 5.95. The van der Waals surface area contributed by atoms with Gasteiger partial charge in [-0.3, -0.25) is 4.79 Å². The number of hydrogen-bond donors (Lipinski definition) is 1. The second-order valence-electron chi connectivity index (χ2n) is 5.84. The number of likely N-dealkylation sites (tertiary alicyclic amines) is 1. The van der Waals surface area contributed by atoms with E-state index < -0.39 is 5.60 Å². The molecule has 2 aliphatic rings. The number of pyridine rings is 1. The molecule has 0 aromatic carbocycles. The first kappa shape index (κ1) is 12.4. The normalized spacial score (nSPS) is 20.9. The van der Waals surface area contributed by atoms with Gasteiger partial charge in [0.1, 0.15) is 11.4 Å². The molecule has 0 radical (unpaired) electrons. The summed E-state index contributed by atoms with van der Waals surface area (Å²) in [6, 6.07) is 3.51. The molecule has 1 N–H and O–H groups in total. The first-order chi connectivity index (χ1) is 8.99. The summed E-state index contributed by atoms with van der Waals surface area (Å²) in [5, 5.41) is 10.2. The van der Waals surface area contributed by atoms with Gasteiger partial charge in [0.2, 0.25) is 0 Å². The van der Waals surface area contributed by atoms with Crippen LogP contribution in [0.25, 0.3) is 0 Å².